The van der Waals surface area contributed by atoms with Crippen molar-refractivity contribution in [3.63, 3.8) is 0 Å². The van der Waals surface area contributed by atoms with E-state index in [0.717, 1.165) is 5.56 Å². The van der Waals surface area contributed by atoms with Crippen LogP contribution in [0, 0.1) is 0 Å². The Labute approximate surface area is 110 Å². The van der Waals surface area contributed by atoms with Crippen LogP contribution in [0.15, 0.2) is 54.4 Å². The zero-order valence-corrected chi connectivity index (χ0v) is 10.0. The largest absolute Gasteiger partial charge is 0.290 e. The number of carbonyl (C=O) groups is 1. The van der Waals surface area contributed by atoms with Crippen LogP contribution in [0.3, 0.4) is 0 Å². The number of nitrogens with one attached hydrogen (secondary N) is 1. The Morgan fingerprint density at radius 1 is 1.11 bits per heavy atom. The van der Waals surface area contributed by atoms with Gasteiger partial charge in [-0.2, -0.15) is 0 Å². The zero-order chi connectivity index (χ0) is 13.5. The van der Waals surface area contributed by atoms with E-state index in [9.17, 15) is 9.59 Å². The van der Waals surface area contributed by atoms with Gasteiger partial charge in [-0.1, -0.05) is 30.3 Å². The molecule has 0 radical (unpaired) electrons. The molecule has 0 spiro atoms. The summed E-state index contributed by atoms with van der Waals surface area (Å²) in [5.41, 5.74) is 0.878. The van der Waals surface area contributed by atoms with E-state index in [1.54, 1.807) is 12.0 Å². The predicted octanol–water partition coefficient (Wildman–Crippen LogP) is 1.42. The van der Waals surface area contributed by atoms with Gasteiger partial charge in [0.1, 0.15) is 11.5 Å². The summed E-state index contributed by atoms with van der Waals surface area (Å²) in [5.74, 6) is 1.29. The van der Waals surface area contributed by atoms with E-state index in [0.29, 0.717) is 0 Å². The van der Waals surface area contributed by atoms with Gasteiger partial charge >= 0.3 is 0 Å². The predicted molar refractivity (Wildman–Crippen MR) is 70.0 cm³/mol. The summed E-state index contributed by atoms with van der Waals surface area (Å²) in [6.07, 6.45) is 3.23. The molecular weight excluding hydrogens is 242 g/mol. The highest BCUT2D eigenvalue weighted by atomic mass is 16.2. The van der Waals surface area contributed by atoms with Gasteiger partial charge in [0.2, 0.25) is 5.95 Å². The van der Waals surface area contributed by atoms with Gasteiger partial charge in [0.15, 0.2) is 0 Å². The van der Waals surface area contributed by atoms with Crippen molar-refractivity contribution >= 4 is 17.8 Å². The lowest BCUT2D eigenvalue weighted by atomic mass is 10.1. The average Bonchev–Trinajstić information content (AvgIpc) is 2.47. The van der Waals surface area contributed by atoms with E-state index >= 15 is 0 Å². The second-order valence-corrected chi connectivity index (χ2v) is 3.77. The highest BCUT2D eigenvalue weighted by molar-refractivity contribution is 6.08. The molecule has 0 aliphatic carbocycles. The van der Waals surface area contributed by atoms with Gasteiger partial charge in [-0.05, 0) is 11.6 Å². The zero-order valence-electron chi connectivity index (χ0n) is 10.0. The lowest BCUT2D eigenvalue weighted by Crippen LogP contribution is -2.18. The van der Waals surface area contributed by atoms with E-state index in [-0.39, 0.29) is 17.9 Å². The van der Waals surface area contributed by atoms with Gasteiger partial charge in [-0.25, -0.2) is 14.8 Å². The minimum Gasteiger partial charge on any atom is -0.290 e. The number of hydrogen-bond acceptors (Lipinski definition) is 4. The normalized spacial score (nSPS) is 9.47. The van der Waals surface area contributed by atoms with Crippen LogP contribution in [-0.2, 0) is 16.0 Å². The molecule has 19 heavy (non-hydrogen) atoms. The molecular formula is C14H11N3O2. The molecule has 2 aromatic rings. The minimum absolute atomic E-state index is 0.0126. The molecule has 0 bridgehead atoms. The first-order valence-corrected chi connectivity index (χ1v) is 5.66. The summed E-state index contributed by atoms with van der Waals surface area (Å²) >= 11 is 0. The first-order chi connectivity index (χ1) is 9.29. The smallest absolute Gasteiger partial charge is 0.265 e. The van der Waals surface area contributed by atoms with Gasteiger partial charge in [0.05, 0.1) is 0 Å². The topological polar surface area (TPSA) is 72.0 Å². The Balaban J connectivity index is 2.07. The molecule has 0 atom stereocenters. The number of nitrogens with zero attached hydrogens (tertiary/aromatic N) is 2. The van der Waals surface area contributed by atoms with Crippen molar-refractivity contribution in [3.8, 4) is 0 Å². The van der Waals surface area contributed by atoms with Gasteiger partial charge in [-0.15, -0.1) is 0 Å². The molecule has 1 aromatic heterocycles. The lowest BCUT2D eigenvalue weighted by Gasteiger charge is -2.04. The molecule has 0 aliphatic rings. The summed E-state index contributed by atoms with van der Waals surface area (Å²) in [6, 6.07) is 10.9. The monoisotopic (exact) mass is 253 g/mol. The molecule has 1 N–H and O–H groups in total. The Bertz CT molecular complexity index is 605. The molecule has 1 amide bonds. The van der Waals surface area contributed by atoms with Crippen LogP contribution in [0.1, 0.15) is 5.56 Å². The summed E-state index contributed by atoms with van der Waals surface area (Å²) in [6.45, 7) is 0. The number of rotatable bonds is 4. The fraction of sp³-hybridized carbons (Fsp3) is 0.0714. The number of benzene rings is 1. The van der Waals surface area contributed by atoms with E-state index < -0.39 is 5.91 Å². The van der Waals surface area contributed by atoms with Crippen molar-refractivity contribution in [1.29, 1.82) is 0 Å². The lowest BCUT2D eigenvalue weighted by molar-refractivity contribution is -0.112. The third-order valence-corrected chi connectivity index (χ3v) is 2.41. The molecule has 0 aliphatic heterocycles. The quantitative estimate of drug-likeness (QED) is 0.660. The Kier molecular flexibility index (Phi) is 4.16. The third-order valence-electron chi connectivity index (χ3n) is 2.41. The highest BCUT2D eigenvalue weighted by Crippen LogP contribution is 2.07. The third kappa shape index (κ3) is 3.59. The molecule has 0 saturated heterocycles. The van der Waals surface area contributed by atoms with Crippen LogP contribution in [0.2, 0.25) is 0 Å². The molecule has 1 heterocycles. The Morgan fingerprint density at radius 3 is 2.42 bits per heavy atom. The van der Waals surface area contributed by atoms with Gasteiger partial charge in [0.25, 0.3) is 5.91 Å². The maximum Gasteiger partial charge on any atom is 0.265 e. The van der Waals surface area contributed by atoms with Crippen LogP contribution in [-0.4, -0.2) is 21.8 Å². The van der Waals surface area contributed by atoms with Gasteiger partial charge < -0.3 is 0 Å². The molecule has 5 nitrogen and oxygen atoms in total. The highest BCUT2D eigenvalue weighted by Gasteiger charge is 2.12. The number of hydrogen-bond donors (Lipinski definition) is 1. The van der Waals surface area contributed by atoms with Crippen LogP contribution in [0.5, 0.6) is 0 Å². The van der Waals surface area contributed by atoms with Gasteiger partial charge in [-0.3, -0.25) is 10.1 Å². The van der Waals surface area contributed by atoms with Crippen molar-refractivity contribution in [2.75, 3.05) is 5.32 Å². The molecule has 94 valence electrons. The van der Waals surface area contributed by atoms with E-state index in [2.05, 4.69) is 15.3 Å². The minimum atomic E-state index is -0.537. The van der Waals surface area contributed by atoms with Crippen LogP contribution in [0.4, 0.5) is 5.95 Å². The summed E-state index contributed by atoms with van der Waals surface area (Å²) in [7, 11) is 0. The number of anilines is 1. The summed E-state index contributed by atoms with van der Waals surface area (Å²) in [5, 5.41) is 2.45. The molecule has 5 heteroatoms. The number of carbonyl (C=O) groups excluding carboxylic acids is 2. The molecule has 0 fully saturated rings. The molecule has 0 unspecified atom stereocenters. The summed E-state index contributed by atoms with van der Waals surface area (Å²) < 4.78 is 0. The molecule has 1 aromatic carbocycles. The van der Waals surface area contributed by atoms with Crippen molar-refractivity contribution in [2.24, 2.45) is 0 Å². The van der Waals surface area contributed by atoms with Gasteiger partial charge in [0, 0.05) is 18.8 Å². The SMILES string of the molecule is O=C=C(Cc1ccccc1)C(=O)Nc1ncccn1. The fourth-order valence-corrected chi connectivity index (χ4v) is 1.50. The number of amides is 1. The van der Waals surface area contributed by atoms with Crippen molar-refractivity contribution in [2.45, 2.75) is 6.42 Å². The first kappa shape index (κ1) is 12.7. The maximum absolute atomic E-state index is 11.9. The van der Waals surface area contributed by atoms with Crippen LogP contribution >= 0.6 is 0 Å². The molecule has 2 rings (SSSR count). The van der Waals surface area contributed by atoms with Crippen LogP contribution < -0.4 is 5.32 Å². The standard InChI is InChI=1S/C14H11N3O2/c18-10-12(9-11-5-2-1-3-6-11)13(19)17-14-15-7-4-8-16-14/h1-8H,9H2,(H,15,16,17,19). The second-order valence-electron chi connectivity index (χ2n) is 3.77. The Hall–Kier alpha value is -2.78. The Morgan fingerprint density at radius 2 is 1.79 bits per heavy atom. The summed E-state index contributed by atoms with van der Waals surface area (Å²) in [4.78, 5) is 30.4. The van der Waals surface area contributed by atoms with Crippen LogP contribution in [0.25, 0.3) is 0 Å². The maximum atomic E-state index is 11.9. The second kappa shape index (κ2) is 6.23. The van der Waals surface area contributed by atoms with E-state index in [4.69, 9.17) is 0 Å². The van der Waals surface area contributed by atoms with Crippen molar-refractivity contribution in [3.05, 3.63) is 59.9 Å². The fourth-order valence-electron chi connectivity index (χ4n) is 1.50. The average molecular weight is 253 g/mol. The van der Waals surface area contributed by atoms with Crippen molar-refractivity contribution in [1.82, 2.24) is 9.97 Å². The van der Waals surface area contributed by atoms with E-state index in [1.807, 2.05) is 30.3 Å². The van der Waals surface area contributed by atoms with Crippen molar-refractivity contribution < 1.29 is 9.59 Å². The van der Waals surface area contributed by atoms with E-state index in [1.165, 1.54) is 12.4 Å². The number of aromatic nitrogens is 2. The first-order valence-electron chi connectivity index (χ1n) is 5.66. The molecule has 0 saturated carbocycles.